The van der Waals surface area contributed by atoms with Crippen molar-refractivity contribution in [3.63, 3.8) is 0 Å². The summed E-state index contributed by atoms with van der Waals surface area (Å²) in [6, 6.07) is 4.82. The Morgan fingerprint density at radius 1 is 1.47 bits per heavy atom. The number of rotatable bonds is 6. The molecule has 1 aliphatic rings. The molecule has 0 bridgehead atoms. The molecule has 92 valence electrons. The summed E-state index contributed by atoms with van der Waals surface area (Å²) in [4.78, 5) is 0.226. The first-order valence-electron chi connectivity index (χ1n) is 6.00. The summed E-state index contributed by atoms with van der Waals surface area (Å²) in [5.74, 6) is 0.639. The Kier molecular flexibility index (Phi) is 3.94. The largest absolute Gasteiger partial charge is 0.389 e. The lowest BCUT2D eigenvalue weighted by molar-refractivity contribution is 0.627. The molecule has 17 heavy (non-hydrogen) atoms. The Hall–Kier alpha value is -1.16. The lowest BCUT2D eigenvalue weighted by atomic mass is 10.2. The number of thiocarbonyl (C=S) groups is 1. The third kappa shape index (κ3) is 3.66. The maximum Gasteiger partial charge on any atom is 0.146 e. The van der Waals surface area contributed by atoms with Crippen LogP contribution in [0.5, 0.6) is 0 Å². The average Bonchev–Trinajstić information content (AvgIpc) is 3.09. The van der Waals surface area contributed by atoms with Crippen LogP contribution in [0, 0.1) is 11.7 Å². The molecule has 0 spiro atoms. The molecule has 2 rings (SSSR count). The van der Waals surface area contributed by atoms with Crippen molar-refractivity contribution >= 4 is 22.9 Å². The summed E-state index contributed by atoms with van der Waals surface area (Å²) in [5.41, 5.74) is 6.54. The van der Waals surface area contributed by atoms with Gasteiger partial charge in [-0.1, -0.05) is 25.1 Å². The van der Waals surface area contributed by atoms with Crippen LogP contribution in [0.4, 0.5) is 10.1 Å². The average molecular weight is 252 g/mol. The fourth-order valence-electron chi connectivity index (χ4n) is 1.83. The molecule has 1 aromatic rings. The summed E-state index contributed by atoms with van der Waals surface area (Å²) in [7, 11) is 0. The summed E-state index contributed by atoms with van der Waals surface area (Å²) >= 11 is 4.80. The highest BCUT2D eigenvalue weighted by molar-refractivity contribution is 7.80. The van der Waals surface area contributed by atoms with E-state index in [0.29, 0.717) is 11.3 Å². The van der Waals surface area contributed by atoms with Crippen molar-refractivity contribution in [1.29, 1.82) is 0 Å². The second-order valence-electron chi connectivity index (χ2n) is 4.57. The van der Waals surface area contributed by atoms with Gasteiger partial charge in [-0.3, -0.25) is 0 Å². The Balaban J connectivity index is 1.84. The lowest BCUT2D eigenvalue weighted by Crippen LogP contribution is -2.10. The Morgan fingerprint density at radius 3 is 2.82 bits per heavy atom. The molecule has 0 aromatic heterocycles. The smallest absolute Gasteiger partial charge is 0.146 e. The first-order valence-corrected chi connectivity index (χ1v) is 6.41. The normalized spacial score (nSPS) is 14.6. The number of nitrogens with two attached hydrogens (primary N) is 1. The highest BCUT2D eigenvalue weighted by Crippen LogP contribution is 2.33. The minimum absolute atomic E-state index is 0.226. The van der Waals surface area contributed by atoms with Crippen LogP contribution in [0.1, 0.15) is 31.2 Å². The van der Waals surface area contributed by atoms with E-state index in [0.717, 1.165) is 18.9 Å². The third-order valence-corrected chi connectivity index (χ3v) is 3.29. The molecule has 1 fully saturated rings. The maximum atomic E-state index is 13.6. The lowest BCUT2D eigenvalue weighted by Gasteiger charge is -2.08. The zero-order valence-corrected chi connectivity index (χ0v) is 10.5. The second-order valence-corrected chi connectivity index (χ2v) is 5.01. The molecule has 0 aliphatic heterocycles. The van der Waals surface area contributed by atoms with Gasteiger partial charge in [-0.15, -0.1) is 0 Å². The van der Waals surface area contributed by atoms with E-state index in [1.807, 2.05) is 0 Å². The fraction of sp³-hybridized carbons (Fsp3) is 0.462. The van der Waals surface area contributed by atoms with E-state index in [1.54, 1.807) is 12.1 Å². The van der Waals surface area contributed by atoms with Crippen molar-refractivity contribution in [3.8, 4) is 0 Å². The minimum atomic E-state index is -0.290. The van der Waals surface area contributed by atoms with Gasteiger partial charge in [-0.2, -0.15) is 0 Å². The van der Waals surface area contributed by atoms with E-state index in [2.05, 4.69) is 5.32 Å². The van der Waals surface area contributed by atoms with Gasteiger partial charge in [0.25, 0.3) is 0 Å². The predicted molar refractivity (Wildman–Crippen MR) is 72.7 cm³/mol. The predicted octanol–water partition coefficient (Wildman–Crippen LogP) is 3.06. The molecular weight excluding hydrogens is 235 g/mol. The van der Waals surface area contributed by atoms with Gasteiger partial charge in [0.05, 0.1) is 5.69 Å². The monoisotopic (exact) mass is 252 g/mol. The van der Waals surface area contributed by atoms with E-state index in [9.17, 15) is 4.39 Å². The zero-order chi connectivity index (χ0) is 12.3. The van der Waals surface area contributed by atoms with Crippen LogP contribution in [0.15, 0.2) is 18.2 Å². The topological polar surface area (TPSA) is 38.0 Å². The maximum absolute atomic E-state index is 13.6. The standard InChI is InChI=1S/C13H17FN2S/c14-11-8-10(13(15)17)5-6-12(11)16-7-1-2-9-3-4-9/h5-6,8-9,16H,1-4,7H2,(H2,15,17). The minimum Gasteiger partial charge on any atom is -0.389 e. The molecule has 0 unspecified atom stereocenters. The van der Waals surface area contributed by atoms with Crippen LogP contribution >= 0.6 is 12.2 Å². The van der Waals surface area contributed by atoms with E-state index in [1.165, 1.54) is 25.3 Å². The van der Waals surface area contributed by atoms with Crippen LogP contribution in [-0.4, -0.2) is 11.5 Å². The number of halogens is 1. The van der Waals surface area contributed by atoms with E-state index >= 15 is 0 Å². The van der Waals surface area contributed by atoms with E-state index < -0.39 is 0 Å². The van der Waals surface area contributed by atoms with E-state index in [-0.39, 0.29) is 10.8 Å². The quantitative estimate of drug-likeness (QED) is 0.603. The van der Waals surface area contributed by atoms with Gasteiger partial charge in [-0.05, 0) is 37.0 Å². The highest BCUT2D eigenvalue weighted by Gasteiger charge is 2.19. The molecule has 0 saturated heterocycles. The van der Waals surface area contributed by atoms with Gasteiger partial charge in [0.2, 0.25) is 0 Å². The summed E-state index contributed by atoms with van der Waals surface area (Å²) < 4.78 is 13.6. The molecule has 0 atom stereocenters. The number of hydrogen-bond donors (Lipinski definition) is 2. The van der Waals surface area contributed by atoms with Gasteiger partial charge < -0.3 is 11.1 Å². The van der Waals surface area contributed by atoms with Crippen molar-refractivity contribution < 1.29 is 4.39 Å². The van der Waals surface area contributed by atoms with Gasteiger partial charge in [-0.25, -0.2) is 4.39 Å². The van der Waals surface area contributed by atoms with Crippen LogP contribution in [0.3, 0.4) is 0 Å². The van der Waals surface area contributed by atoms with Gasteiger partial charge >= 0.3 is 0 Å². The molecule has 2 nitrogen and oxygen atoms in total. The molecule has 0 heterocycles. The molecule has 3 N–H and O–H groups in total. The molecule has 0 radical (unpaired) electrons. The van der Waals surface area contributed by atoms with Gasteiger partial charge in [0.15, 0.2) is 0 Å². The fourth-order valence-corrected chi connectivity index (χ4v) is 1.96. The molecule has 1 aromatic carbocycles. The number of benzene rings is 1. The van der Waals surface area contributed by atoms with E-state index in [4.69, 9.17) is 18.0 Å². The molecule has 1 aliphatic carbocycles. The summed E-state index contributed by atoms with van der Waals surface area (Å²) in [5, 5.41) is 3.10. The van der Waals surface area contributed by atoms with Crippen molar-refractivity contribution in [2.75, 3.05) is 11.9 Å². The summed E-state index contributed by atoms with van der Waals surface area (Å²) in [6.07, 6.45) is 5.09. The Labute approximate surface area is 106 Å². The van der Waals surface area contributed by atoms with Gasteiger partial charge in [0, 0.05) is 12.1 Å². The molecular formula is C13H17FN2S. The van der Waals surface area contributed by atoms with Crippen molar-refractivity contribution in [3.05, 3.63) is 29.6 Å². The Morgan fingerprint density at radius 2 is 2.24 bits per heavy atom. The Bertz CT molecular complexity index is 416. The number of hydrogen-bond acceptors (Lipinski definition) is 2. The van der Waals surface area contributed by atoms with Crippen LogP contribution < -0.4 is 11.1 Å². The van der Waals surface area contributed by atoms with Crippen LogP contribution in [0.25, 0.3) is 0 Å². The SMILES string of the molecule is NC(=S)c1ccc(NCCCC2CC2)c(F)c1. The van der Waals surface area contributed by atoms with Crippen LogP contribution in [0.2, 0.25) is 0 Å². The van der Waals surface area contributed by atoms with Crippen LogP contribution in [-0.2, 0) is 0 Å². The number of anilines is 1. The molecule has 4 heteroatoms. The van der Waals surface area contributed by atoms with Crippen molar-refractivity contribution in [2.45, 2.75) is 25.7 Å². The summed E-state index contributed by atoms with van der Waals surface area (Å²) in [6.45, 7) is 0.819. The molecule has 0 amide bonds. The van der Waals surface area contributed by atoms with Crippen molar-refractivity contribution in [2.24, 2.45) is 11.7 Å². The molecule has 1 saturated carbocycles. The highest BCUT2D eigenvalue weighted by atomic mass is 32.1. The third-order valence-electron chi connectivity index (χ3n) is 3.06. The number of nitrogens with one attached hydrogen (secondary N) is 1. The van der Waals surface area contributed by atoms with Gasteiger partial charge in [0.1, 0.15) is 10.8 Å². The van der Waals surface area contributed by atoms with Crippen molar-refractivity contribution in [1.82, 2.24) is 0 Å². The second kappa shape index (κ2) is 5.45. The first kappa shape index (κ1) is 12.3. The zero-order valence-electron chi connectivity index (χ0n) is 9.71. The first-order chi connectivity index (χ1) is 8.16.